The molecule has 6 heteroatoms. The van der Waals surface area contributed by atoms with Gasteiger partial charge in [-0.05, 0) is 19.1 Å². The van der Waals surface area contributed by atoms with Crippen molar-refractivity contribution in [3.8, 4) is 17.1 Å². The number of rotatable bonds is 2. The summed E-state index contributed by atoms with van der Waals surface area (Å²) in [6.07, 6.45) is 0. The van der Waals surface area contributed by atoms with Crippen molar-refractivity contribution in [3.63, 3.8) is 0 Å². The molecule has 0 aliphatic carbocycles. The number of aryl methyl sites for hydroxylation is 1. The average Bonchev–Trinajstić information content (AvgIpc) is 2.76. The van der Waals surface area contributed by atoms with Crippen LogP contribution in [-0.4, -0.2) is 20.0 Å². The second-order valence-electron chi connectivity index (χ2n) is 4.37. The Balaban J connectivity index is 1.99. The minimum absolute atomic E-state index is 0.465. The average molecular weight is 283 g/mol. The first-order valence-corrected chi connectivity index (χ1v) is 6.55. The molecule has 1 aromatic carbocycles. The number of nitrogens with zero attached hydrogens (tertiary/aromatic N) is 4. The summed E-state index contributed by atoms with van der Waals surface area (Å²) in [5.41, 5.74) is 8.53. The third-order valence-electron chi connectivity index (χ3n) is 3.00. The van der Waals surface area contributed by atoms with Crippen LogP contribution in [0, 0.1) is 6.92 Å². The molecule has 0 aliphatic rings. The maximum atomic E-state index is 5.94. The molecule has 0 amide bonds. The second kappa shape index (κ2) is 4.97. The molecule has 5 nitrogen and oxygen atoms in total. The van der Waals surface area contributed by atoms with Crippen LogP contribution >= 0.6 is 12.6 Å². The van der Waals surface area contributed by atoms with Gasteiger partial charge in [0.1, 0.15) is 5.82 Å². The molecule has 0 bridgehead atoms. The zero-order valence-corrected chi connectivity index (χ0v) is 11.7. The van der Waals surface area contributed by atoms with Gasteiger partial charge < -0.3 is 5.73 Å². The van der Waals surface area contributed by atoms with Crippen LogP contribution in [0.3, 0.4) is 0 Å². The van der Waals surface area contributed by atoms with Crippen LogP contribution in [0.1, 0.15) is 5.69 Å². The second-order valence-corrected chi connectivity index (χ2v) is 4.82. The highest BCUT2D eigenvalue weighted by molar-refractivity contribution is 7.80. The van der Waals surface area contributed by atoms with E-state index in [0.29, 0.717) is 16.5 Å². The summed E-state index contributed by atoms with van der Waals surface area (Å²) in [5.74, 6) is 1.04. The number of benzene rings is 1. The van der Waals surface area contributed by atoms with Crippen molar-refractivity contribution < 1.29 is 0 Å². The van der Waals surface area contributed by atoms with Gasteiger partial charge in [-0.1, -0.05) is 30.3 Å². The lowest BCUT2D eigenvalue weighted by Crippen LogP contribution is -2.05. The van der Waals surface area contributed by atoms with Gasteiger partial charge in [0.05, 0.1) is 16.3 Å². The molecule has 100 valence electrons. The summed E-state index contributed by atoms with van der Waals surface area (Å²) < 4.78 is 1.54. The molecular formula is C14H13N5S. The van der Waals surface area contributed by atoms with Crippen LogP contribution in [0.5, 0.6) is 0 Å². The third kappa shape index (κ3) is 2.14. The van der Waals surface area contributed by atoms with Gasteiger partial charge in [-0.3, -0.25) is 0 Å². The van der Waals surface area contributed by atoms with E-state index >= 15 is 0 Å². The van der Waals surface area contributed by atoms with E-state index in [4.69, 9.17) is 5.73 Å². The third-order valence-corrected chi connectivity index (χ3v) is 3.55. The Labute approximate surface area is 121 Å². The Morgan fingerprint density at radius 1 is 1.05 bits per heavy atom. The fourth-order valence-corrected chi connectivity index (χ4v) is 2.05. The number of hydrogen-bond acceptors (Lipinski definition) is 5. The minimum Gasteiger partial charge on any atom is -0.383 e. The van der Waals surface area contributed by atoms with Crippen LogP contribution in [0.4, 0.5) is 5.82 Å². The van der Waals surface area contributed by atoms with Crippen molar-refractivity contribution in [3.05, 3.63) is 48.2 Å². The zero-order valence-electron chi connectivity index (χ0n) is 10.9. The van der Waals surface area contributed by atoms with Gasteiger partial charge in [0.2, 0.25) is 0 Å². The van der Waals surface area contributed by atoms with Gasteiger partial charge in [-0.15, -0.1) is 22.8 Å². The van der Waals surface area contributed by atoms with E-state index in [2.05, 4.69) is 27.9 Å². The van der Waals surface area contributed by atoms with Gasteiger partial charge in [-0.25, -0.2) is 0 Å². The number of aromatic nitrogens is 4. The van der Waals surface area contributed by atoms with Crippen LogP contribution in [0.2, 0.25) is 0 Å². The van der Waals surface area contributed by atoms with Crippen molar-refractivity contribution in [2.75, 3.05) is 5.73 Å². The van der Waals surface area contributed by atoms with E-state index in [9.17, 15) is 0 Å². The van der Waals surface area contributed by atoms with Crippen LogP contribution in [0.25, 0.3) is 17.1 Å². The molecule has 0 atom stereocenters. The van der Waals surface area contributed by atoms with Crippen molar-refractivity contribution in [1.82, 2.24) is 20.0 Å². The first kappa shape index (κ1) is 12.7. The summed E-state index contributed by atoms with van der Waals surface area (Å²) >= 11 is 4.30. The lowest BCUT2D eigenvalue weighted by atomic mass is 10.1. The maximum absolute atomic E-state index is 5.94. The van der Waals surface area contributed by atoms with Crippen molar-refractivity contribution >= 4 is 18.4 Å². The smallest absolute Gasteiger partial charge is 0.178 e. The maximum Gasteiger partial charge on any atom is 0.178 e. The SMILES string of the molecule is Cc1nn(-c2ccc(-c3ccccc3)nn2)c(N)c1S. The molecule has 0 saturated carbocycles. The Kier molecular flexibility index (Phi) is 3.15. The number of anilines is 1. The van der Waals surface area contributed by atoms with Crippen molar-refractivity contribution in [2.24, 2.45) is 0 Å². The minimum atomic E-state index is 0.465. The summed E-state index contributed by atoms with van der Waals surface area (Å²) in [7, 11) is 0. The Morgan fingerprint density at radius 3 is 2.35 bits per heavy atom. The van der Waals surface area contributed by atoms with E-state index in [1.54, 1.807) is 4.68 Å². The molecule has 0 unspecified atom stereocenters. The topological polar surface area (TPSA) is 69.6 Å². The number of hydrogen-bond donors (Lipinski definition) is 2. The summed E-state index contributed by atoms with van der Waals surface area (Å²) in [6.45, 7) is 1.85. The highest BCUT2D eigenvalue weighted by Gasteiger charge is 2.12. The Hall–Kier alpha value is -2.34. The molecule has 2 N–H and O–H groups in total. The fourth-order valence-electron chi connectivity index (χ4n) is 1.91. The van der Waals surface area contributed by atoms with Gasteiger partial charge in [0.15, 0.2) is 5.82 Å². The van der Waals surface area contributed by atoms with Gasteiger partial charge >= 0.3 is 0 Å². The molecule has 0 aliphatic heterocycles. The van der Waals surface area contributed by atoms with E-state index in [-0.39, 0.29) is 0 Å². The zero-order chi connectivity index (χ0) is 14.1. The molecule has 0 saturated heterocycles. The molecule has 20 heavy (non-hydrogen) atoms. The van der Waals surface area contributed by atoms with E-state index in [1.807, 2.05) is 49.4 Å². The lowest BCUT2D eigenvalue weighted by Gasteiger charge is -2.04. The number of thiol groups is 1. The molecular weight excluding hydrogens is 270 g/mol. The molecule has 3 rings (SSSR count). The molecule has 0 radical (unpaired) electrons. The standard InChI is InChI=1S/C14H13N5S/c1-9-13(20)14(15)19(18-9)12-8-7-11(16-17-12)10-5-3-2-4-6-10/h2-8,20H,15H2,1H3. The first-order valence-electron chi connectivity index (χ1n) is 6.10. The van der Waals surface area contributed by atoms with Crippen LogP contribution in [-0.2, 0) is 0 Å². The monoisotopic (exact) mass is 283 g/mol. The Morgan fingerprint density at radius 2 is 1.80 bits per heavy atom. The molecule has 2 heterocycles. The van der Waals surface area contributed by atoms with Gasteiger partial charge in [-0.2, -0.15) is 9.78 Å². The Bertz CT molecular complexity index is 734. The molecule has 2 aromatic heterocycles. The van der Waals surface area contributed by atoms with Crippen LogP contribution in [0.15, 0.2) is 47.4 Å². The number of nitrogen functional groups attached to an aromatic ring is 1. The van der Waals surface area contributed by atoms with Gasteiger partial charge in [0.25, 0.3) is 0 Å². The van der Waals surface area contributed by atoms with Gasteiger partial charge in [0, 0.05) is 5.56 Å². The predicted molar refractivity (Wildman–Crippen MR) is 81.0 cm³/mol. The van der Waals surface area contributed by atoms with E-state index in [1.165, 1.54) is 0 Å². The highest BCUT2D eigenvalue weighted by atomic mass is 32.1. The molecule has 0 spiro atoms. The quantitative estimate of drug-likeness (QED) is 0.709. The predicted octanol–water partition coefficient (Wildman–Crippen LogP) is 2.51. The first-order chi connectivity index (χ1) is 9.66. The summed E-state index contributed by atoms with van der Waals surface area (Å²) in [5, 5.41) is 12.7. The van der Waals surface area contributed by atoms with Crippen LogP contribution < -0.4 is 5.73 Å². The lowest BCUT2D eigenvalue weighted by molar-refractivity contribution is 0.813. The normalized spacial score (nSPS) is 10.7. The molecule has 3 aromatic rings. The molecule has 0 fully saturated rings. The van der Waals surface area contributed by atoms with Crippen molar-refractivity contribution in [2.45, 2.75) is 11.8 Å². The fraction of sp³-hybridized carbons (Fsp3) is 0.0714. The largest absolute Gasteiger partial charge is 0.383 e. The van der Waals surface area contributed by atoms with Crippen molar-refractivity contribution in [1.29, 1.82) is 0 Å². The number of nitrogens with two attached hydrogens (primary N) is 1. The van der Waals surface area contributed by atoms with E-state index in [0.717, 1.165) is 17.0 Å². The highest BCUT2D eigenvalue weighted by Crippen LogP contribution is 2.23. The van der Waals surface area contributed by atoms with E-state index < -0.39 is 0 Å². The summed E-state index contributed by atoms with van der Waals surface area (Å²) in [6, 6.07) is 13.6. The summed E-state index contributed by atoms with van der Waals surface area (Å²) in [4.78, 5) is 0.666.